The maximum absolute atomic E-state index is 12.6. The molecule has 1 N–H and O–H groups in total. The van der Waals surface area contributed by atoms with Crippen molar-refractivity contribution in [2.24, 2.45) is 5.41 Å². The fourth-order valence-electron chi connectivity index (χ4n) is 4.03. The number of carbonyl (C=O) groups is 1. The Morgan fingerprint density at radius 2 is 2.33 bits per heavy atom. The van der Waals surface area contributed by atoms with Gasteiger partial charge in [-0.3, -0.25) is 4.79 Å². The zero-order valence-electron chi connectivity index (χ0n) is 12.4. The quantitative estimate of drug-likeness (QED) is 0.907. The zero-order chi connectivity index (χ0) is 14.9. The van der Waals surface area contributed by atoms with Gasteiger partial charge < -0.3 is 14.6 Å². The van der Waals surface area contributed by atoms with Crippen molar-refractivity contribution in [1.82, 2.24) is 9.88 Å². The molecule has 2 heterocycles. The number of rotatable bonds is 2. The van der Waals surface area contributed by atoms with Crippen LogP contribution >= 0.6 is 0 Å². The lowest BCUT2D eigenvalue weighted by Gasteiger charge is -2.43. The highest BCUT2D eigenvalue weighted by Crippen LogP contribution is 2.46. The first-order chi connectivity index (χ1) is 10.2. The number of aromatic amines is 1. The van der Waals surface area contributed by atoms with Gasteiger partial charge in [-0.25, -0.2) is 0 Å². The van der Waals surface area contributed by atoms with Crippen molar-refractivity contribution >= 4 is 5.91 Å². The highest BCUT2D eigenvalue weighted by Gasteiger charge is 2.46. The molecule has 0 aromatic carbocycles. The van der Waals surface area contributed by atoms with E-state index in [0.29, 0.717) is 11.3 Å². The number of amides is 1. The lowest BCUT2D eigenvalue weighted by atomic mass is 9.76. The van der Waals surface area contributed by atoms with E-state index in [9.17, 15) is 4.79 Å². The molecule has 1 aromatic heterocycles. The Morgan fingerprint density at radius 1 is 1.52 bits per heavy atom. The number of ether oxygens (including phenoxy) is 1. The number of nitrogens with zero attached hydrogens (tertiary/aromatic N) is 2. The number of hydrogen-bond donors (Lipinski definition) is 1. The largest absolute Gasteiger partial charge is 0.381 e. The maximum atomic E-state index is 12.6. The van der Waals surface area contributed by atoms with Crippen LogP contribution in [0.2, 0.25) is 0 Å². The summed E-state index contributed by atoms with van der Waals surface area (Å²) in [5.74, 6) is -0.00247. The lowest BCUT2D eigenvalue weighted by Crippen LogP contribution is -2.49. The Bertz CT molecular complexity index is 574. The van der Waals surface area contributed by atoms with Gasteiger partial charge in [0.1, 0.15) is 11.8 Å². The number of nitriles is 1. The lowest BCUT2D eigenvalue weighted by molar-refractivity contribution is -0.0296. The van der Waals surface area contributed by atoms with Crippen LogP contribution in [0.1, 0.15) is 48.2 Å². The second kappa shape index (κ2) is 5.53. The van der Waals surface area contributed by atoms with E-state index < -0.39 is 0 Å². The molecule has 21 heavy (non-hydrogen) atoms. The Labute approximate surface area is 124 Å². The number of methoxy groups -OCH3 is 1. The van der Waals surface area contributed by atoms with Gasteiger partial charge in [-0.1, -0.05) is 6.42 Å². The van der Waals surface area contributed by atoms with E-state index in [0.717, 1.165) is 38.8 Å². The van der Waals surface area contributed by atoms with Crippen LogP contribution in [0.3, 0.4) is 0 Å². The highest BCUT2D eigenvalue weighted by atomic mass is 16.5. The fourth-order valence-corrected chi connectivity index (χ4v) is 4.03. The number of likely N-dealkylation sites (tertiary alicyclic amines) is 1. The molecule has 1 spiro atoms. The van der Waals surface area contributed by atoms with Crippen LogP contribution in [0, 0.1) is 16.7 Å². The summed E-state index contributed by atoms with van der Waals surface area (Å²) in [7, 11) is 1.78. The molecule has 5 nitrogen and oxygen atoms in total. The number of nitrogens with one attached hydrogen (secondary N) is 1. The molecule has 3 rings (SSSR count). The summed E-state index contributed by atoms with van der Waals surface area (Å²) in [5.41, 5.74) is 1.14. The summed E-state index contributed by atoms with van der Waals surface area (Å²) in [5, 5.41) is 8.87. The van der Waals surface area contributed by atoms with Gasteiger partial charge in [0, 0.05) is 31.8 Å². The van der Waals surface area contributed by atoms with Crippen molar-refractivity contribution in [3.8, 4) is 6.07 Å². The average Bonchev–Trinajstić information content (AvgIpc) is 3.13. The molecule has 2 atom stereocenters. The van der Waals surface area contributed by atoms with Crippen molar-refractivity contribution in [2.75, 3.05) is 20.2 Å². The van der Waals surface area contributed by atoms with Crippen molar-refractivity contribution < 1.29 is 9.53 Å². The summed E-state index contributed by atoms with van der Waals surface area (Å²) in [6.45, 7) is 1.56. The number of aromatic nitrogens is 1. The molecule has 112 valence electrons. The zero-order valence-corrected chi connectivity index (χ0v) is 12.4. The van der Waals surface area contributed by atoms with E-state index >= 15 is 0 Å². The van der Waals surface area contributed by atoms with Gasteiger partial charge in [0.05, 0.1) is 11.7 Å². The Morgan fingerprint density at radius 3 is 3.05 bits per heavy atom. The van der Waals surface area contributed by atoms with E-state index in [1.165, 1.54) is 6.42 Å². The summed E-state index contributed by atoms with van der Waals surface area (Å²) in [6, 6.07) is 3.68. The van der Waals surface area contributed by atoms with Gasteiger partial charge in [0.25, 0.3) is 5.91 Å². The number of H-pyrrole nitrogens is 1. The molecule has 2 fully saturated rings. The van der Waals surface area contributed by atoms with Gasteiger partial charge in [0.15, 0.2) is 0 Å². The smallest absolute Gasteiger partial charge is 0.270 e. The average molecular weight is 287 g/mol. The number of hydrogen-bond acceptors (Lipinski definition) is 3. The Hall–Kier alpha value is -1.80. The highest BCUT2D eigenvalue weighted by molar-refractivity contribution is 5.93. The van der Waals surface area contributed by atoms with Gasteiger partial charge in [-0.15, -0.1) is 0 Å². The minimum atomic E-state index is -0.00247. The number of piperidine rings is 1. The first kappa shape index (κ1) is 14.2. The second-order valence-electron chi connectivity index (χ2n) is 6.22. The third-order valence-electron chi connectivity index (χ3n) is 5.05. The van der Waals surface area contributed by atoms with Crippen LogP contribution in [0.15, 0.2) is 12.3 Å². The van der Waals surface area contributed by atoms with Crippen LogP contribution in [0.4, 0.5) is 0 Å². The molecule has 1 saturated carbocycles. The van der Waals surface area contributed by atoms with Crippen molar-refractivity contribution in [3.63, 3.8) is 0 Å². The van der Waals surface area contributed by atoms with Gasteiger partial charge in [0.2, 0.25) is 0 Å². The Balaban J connectivity index is 1.77. The first-order valence-electron chi connectivity index (χ1n) is 7.59. The van der Waals surface area contributed by atoms with Gasteiger partial charge >= 0.3 is 0 Å². The molecule has 1 aliphatic heterocycles. The standard InChI is InChI=1S/C16H21N3O2/c1-21-14-4-2-5-16(14)6-3-7-19(11-16)15(20)13-8-12(9-17)10-18-13/h8,10,14,18H,2-7,11H2,1H3/t14-,16-/m1/s1. The minimum Gasteiger partial charge on any atom is -0.381 e. The predicted molar refractivity (Wildman–Crippen MR) is 77.7 cm³/mol. The van der Waals surface area contributed by atoms with Crippen molar-refractivity contribution in [3.05, 3.63) is 23.5 Å². The van der Waals surface area contributed by atoms with Gasteiger partial charge in [-0.05, 0) is 31.7 Å². The third kappa shape index (κ3) is 2.44. The van der Waals surface area contributed by atoms with Crippen LogP contribution in [-0.2, 0) is 4.74 Å². The molecular weight excluding hydrogens is 266 g/mol. The van der Waals surface area contributed by atoms with Crippen LogP contribution in [-0.4, -0.2) is 42.1 Å². The fraction of sp³-hybridized carbons (Fsp3) is 0.625. The summed E-state index contributed by atoms with van der Waals surface area (Å²) >= 11 is 0. The van der Waals surface area contributed by atoms with Crippen LogP contribution in [0.25, 0.3) is 0 Å². The van der Waals surface area contributed by atoms with E-state index in [-0.39, 0.29) is 17.4 Å². The van der Waals surface area contributed by atoms with E-state index in [4.69, 9.17) is 10.00 Å². The molecule has 2 aliphatic rings. The van der Waals surface area contributed by atoms with E-state index in [1.54, 1.807) is 19.4 Å². The number of carbonyl (C=O) groups excluding carboxylic acids is 1. The molecular formula is C16H21N3O2. The topological polar surface area (TPSA) is 69.1 Å². The van der Waals surface area contributed by atoms with Crippen molar-refractivity contribution in [1.29, 1.82) is 5.26 Å². The SMILES string of the molecule is CO[C@@H]1CCC[C@]12CCCN(C(=O)c1cc(C#N)c[nH]1)C2. The molecule has 1 aromatic rings. The first-order valence-corrected chi connectivity index (χ1v) is 7.59. The molecule has 5 heteroatoms. The van der Waals surface area contributed by atoms with Crippen molar-refractivity contribution in [2.45, 2.75) is 38.2 Å². The molecule has 0 unspecified atom stereocenters. The maximum Gasteiger partial charge on any atom is 0.270 e. The summed E-state index contributed by atoms with van der Waals surface area (Å²) in [6.07, 6.45) is 7.44. The van der Waals surface area contributed by atoms with E-state index in [2.05, 4.69) is 4.98 Å². The van der Waals surface area contributed by atoms with Crippen LogP contribution < -0.4 is 0 Å². The summed E-state index contributed by atoms with van der Waals surface area (Å²) in [4.78, 5) is 17.4. The van der Waals surface area contributed by atoms with Crippen LogP contribution in [0.5, 0.6) is 0 Å². The normalized spacial score (nSPS) is 28.8. The molecule has 0 radical (unpaired) electrons. The van der Waals surface area contributed by atoms with Gasteiger partial charge in [-0.2, -0.15) is 5.26 Å². The molecule has 1 amide bonds. The second-order valence-corrected chi connectivity index (χ2v) is 6.22. The third-order valence-corrected chi connectivity index (χ3v) is 5.05. The monoisotopic (exact) mass is 287 g/mol. The molecule has 1 saturated heterocycles. The predicted octanol–water partition coefficient (Wildman–Crippen LogP) is 2.31. The molecule has 1 aliphatic carbocycles. The summed E-state index contributed by atoms with van der Waals surface area (Å²) < 4.78 is 5.67. The molecule has 0 bridgehead atoms. The Kier molecular flexibility index (Phi) is 3.73. The van der Waals surface area contributed by atoms with E-state index in [1.807, 2.05) is 11.0 Å². The minimum absolute atomic E-state index is 0.00247.